The second kappa shape index (κ2) is 11.9. The van der Waals surface area contributed by atoms with Crippen LogP contribution in [-0.4, -0.2) is 45.2 Å². The number of anilines is 1. The Morgan fingerprint density at radius 3 is 2.09 bits per heavy atom. The molecule has 2 aromatic carbocycles. The van der Waals surface area contributed by atoms with E-state index < -0.39 is 17.7 Å². The molecule has 0 aromatic heterocycles. The minimum atomic E-state index is -1.44. The first-order valence-corrected chi connectivity index (χ1v) is 10.2. The summed E-state index contributed by atoms with van der Waals surface area (Å²) in [7, 11) is 2.99. The Hall–Kier alpha value is -3.33. The van der Waals surface area contributed by atoms with Crippen LogP contribution in [0.25, 0.3) is 0 Å². The summed E-state index contributed by atoms with van der Waals surface area (Å²) in [6.45, 7) is 5.76. The highest BCUT2D eigenvalue weighted by Crippen LogP contribution is 2.33. The molecule has 1 atom stereocenters. The maximum Gasteiger partial charge on any atom is 0.276 e. The van der Waals surface area contributed by atoms with Crippen LogP contribution in [0.3, 0.4) is 0 Å². The van der Waals surface area contributed by atoms with Gasteiger partial charge in [-0.15, -0.1) is 0 Å². The van der Waals surface area contributed by atoms with Crippen LogP contribution in [0.5, 0.6) is 23.0 Å². The van der Waals surface area contributed by atoms with Gasteiger partial charge in [0, 0.05) is 36.0 Å². The third-order valence-corrected chi connectivity index (χ3v) is 4.55. The van der Waals surface area contributed by atoms with Gasteiger partial charge in [-0.1, -0.05) is 0 Å². The van der Waals surface area contributed by atoms with Crippen LogP contribution in [0, 0.1) is 0 Å². The molecule has 2 aromatic rings. The van der Waals surface area contributed by atoms with E-state index in [1.54, 1.807) is 36.4 Å². The smallest absolute Gasteiger partial charge is 0.276 e. The van der Waals surface area contributed by atoms with Crippen molar-refractivity contribution in [2.24, 2.45) is 10.2 Å². The van der Waals surface area contributed by atoms with Gasteiger partial charge in [0.2, 0.25) is 6.04 Å². The molecule has 32 heavy (non-hydrogen) atoms. The zero-order valence-corrected chi connectivity index (χ0v) is 19.4. The zero-order chi connectivity index (χ0) is 23.7. The number of hydrogen-bond acceptors (Lipinski definition) is 8. The first-order valence-electron chi connectivity index (χ1n) is 9.88. The van der Waals surface area contributed by atoms with E-state index in [1.165, 1.54) is 21.1 Å². The minimum absolute atomic E-state index is 0.299. The van der Waals surface area contributed by atoms with Crippen molar-refractivity contribution in [1.29, 1.82) is 0 Å². The maximum absolute atomic E-state index is 12.9. The van der Waals surface area contributed by atoms with Crippen LogP contribution < -0.4 is 23.4 Å². The molecule has 0 saturated carbocycles. The number of carbonyl (C=O) groups is 2. The Morgan fingerprint density at radius 2 is 1.56 bits per heavy atom. The molecule has 0 N–H and O–H groups in total. The van der Waals surface area contributed by atoms with E-state index in [9.17, 15) is 9.59 Å². The number of ether oxygens (including phenoxy) is 4. The molecule has 10 heteroatoms. The second-order valence-electron chi connectivity index (χ2n) is 6.42. The predicted octanol–water partition coefficient (Wildman–Crippen LogP) is 4.73. The highest BCUT2D eigenvalue weighted by atomic mass is 35.5. The first kappa shape index (κ1) is 24.9. The maximum atomic E-state index is 12.9. The van der Waals surface area contributed by atoms with E-state index in [2.05, 4.69) is 10.2 Å². The number of amides is 1. The topological polar surface area (TPSA) is 99.0 Å². The number of azo groups is 1. The third-order valence-electron chi connectivity index (χ3n) is 4.19. The average molecular weight is 464 g/mol. The lowest BCUT2D eigenvalue weighted by molar-refractivity contribution is -0.126. The van der Waals surface area contributed by atoms with E-state index in [0.717, 1.165) is 4.42 Å². The van der Waals surface area contributed by atoms with Gasteiger partial charge in [-0.25, -0.2) is 4.42 Å². The van der Waals surface area contributed by atoms with Gasteiger partial charge in [0.15, 0.2) is 17.3 Å². The van der Waals surface area contributed by atoms with Gasteiger partial charge in [0.25, 0.3) is 5.91 Å². The summed E-state index contributed by atoms with van der Waals surface area (Å²) in [5.74, 6) is 0.640. The minimum Gasteiger partial charge on any atom is -0.497 e. The fourth-order valence-electron chi connectivity index (χ4n) is 2.68. The first-order chi connectivity index (χ1) is 15.3. The quantitative estimate of drug-likeness (QED) is 0.271. The van der Waals surface area contributed by atoms with E-state index >= 15 is 0 Å². The van der Waals surface area contributed by atoms with Crippen LogP contribution >= 0.6 is 11.8 Å². The molecule has 0 aliphatic carbocycles. The van der Waals surface area contributed by atoms with Crippen LogP contribution in [0.15, 0.2) is 46.6 Å². The van der Waals surface area contributed by atoms with Gasteiger partial charge in [-0.05, 0) is 32.9 Å². The summed E-state index contributed by atoms with van der Waals surface area (Å²) < 4.78 is 22.3. The fraction of sp³-hybridized carbons (Fsp3) is 0.364. The number of ketones is 1. The Labute approximate surface area is 192 Å². The van der Waals surface area contributed by atoms with Gasteiger partial charge in [-0.2, -0.15) is 10.2 Å². The van der Waals surface area contributed by atoms with Gasteiger partial charge < -0.3 is 18.9 Å². The summed E-state index contributed by atoms with van der Waals surface area (Å²) in [4.78, 5) is 25.1. The molecular formula is C22H26ClN3O6. The molecule has 172 valence electrons. The Morgan fingerprint density at radius 1 is 0.969 bits per heavy atom. The third kappa shape index (κ3) is 6.34. The molecular weight excluding hydrogens is 438 g/mol. The highest BCUT2D eigenvalue weighted by molar-refractivity contribution is 6.39. The van der Waals surface area contributed by atoms with Gasteiger partial charge in [0.1, 0.15) is 11.5 Å². The normalized spacial score (nSPS) is 11.7. The van der Waals surface area contributed by atoms with Gasteiger partial charge in [0.05, 0.1) is 38.8 Å². The largest absolute Gasteiger partial charge is 0.497 e. The molecule has 2 rings (SSSR count). The van der Waals surface area contributed by atoms with Crippen LogP contribution in [-0.2, 0) is 9.59 Å². The number of benzene rings is 2. The van der Waals surface area contributed by atoms with Crippen molar-refractivity contribution >= 4 is 34.8 Å². The second-order valence-corrected chi connectivity index (χ2v) is 6.75. The van der Waals surface area contributed by atoms with E-state index in [4.69, 9.17) is 30.7 Å². The molecule has 0 saturated heterocycles. The van der Waals surface area contributed by atoms with Gasteiger partial charge in [-0.3, -0.25) is 9.59 Å². The standard InChI is InChI=1S/C22H26ClN3O6/c1-6-31-19-9-8-16(12-20(19)32-7-2)26(23)22(28)21(14(3)27)25-24-15-10-17(29-4)13-18(11-15)30-5/h8-13,21H,6-7H2,1-5H3. The molecule has 0 spiro atoms. The lowest BCUT2D eigenvalue weighted by Crippen LogP contribution is -2.36. The molecule has 0 fully saturated rings. The molecule has 1 amide bonds. The molecule has 1 unspecified atom stereocenters. The molecule has 0 bridgehead atoms. The van der Waals surface area contributed by atoms with Crippen molar-refractivity contribution in [2.45, 2.75) is 26.8 Å². The Kier molecular flexibility index (Phi) is 9.27. The average Bonchev–Trinajstić information content (AvgIpc) is 2.79. The Balaban J connectivity index is 2.31. The van der Waals surface area contributed by atoms with Crippen molar-refractivity contribution in [3.05, 3.63) is 36.4 Å². The lowest BCUT2D eigenvalue weighted by atomic mass is 10.2. The van der Waals surface area contributed by atoms with E-state index in [-0.39, 0.29) is 0 Å². The summed E-state index contributed by atoms with van der Waals surface area (Å²) >= 11 is 6.27. The number of carbonyl (C=O) groups excluding carboxylic acids is 2. The molecule has 0 aliphatic heterocycles. The lowest BCUT2D eigenvalue weighted by Gasteiger charge is -2.19. The number of hydrogen-bond donors (Lipinski definition) is 0. The molecule has 0 radical (unpaired) electrons. The van der Waals surface area contributed by atoms with E-state index in [1.807, 2.05) is 13.8 Å². The van der Waals surface area contributed by atoms with Crippen LogP contribution in [0.1, 0.15) is 20.8 Å². The number of methoxy groups -OCH3 is 2. The summed E-state index contributed by atoms with van der Waals surface area (Å²) in [5, 5.41) is 7.95. The van der Waals surface area contributed by atoms with Crippen molar-refractivity contribution in [2.75, 3.05) is 31.9 Å². The number of rotatable bonds is 11. The van der Waals surface area contributed by atoms with Crippen LogP contribution in [0.2, 0.25) is 0 Å². The predicted molar refractivity (Wildman–Crippen MR) is 121 cm³/mol. The summed E-state index contributed by atoms with van der Waals surface area (Å²) in [6, 6.07) is 8.18. The zero-order valence-electron chi connectivity index (χ0n) is 18.6. The monoisotopic (exact) mass is 463 g/mol. The van der Waals surface area contributed by atoms with Crippen molar-refractivity contribution in [1.82, 2.24) is 0 Å². The fourth-order valence-corrected chi connectivity index (χ4v) is 2.87. The molecule has 9 nitrogen and oxygen atoms in total. The number of Topliss-reactive ketones (excluding diaryl/α,β-unsaturated/α-hetero) is 1. The van der Waals surface area contributed by atoms with Crippen molar-refractivity contribution in [3.63, 3.8) is 0 Å². The SMILES string of the molecule is CCOc1ccc(N(Cl)C(=O)C(N=Nc2cc(OC)cc(OC)c2)C(C)=O)cc1OCC. The molecule has 0 aliphatic rings. The van der Waals surface area contributed by atoms with Crippen molar-refractivity contribution < 1.29 is 28.5 Å². The van der Waals surface area contributed by atoms with Crippen molar-refractivity contribution in [3.8, 4) is 23.0 Å². The summed E-state index contributed by atoms with van der Waals surface area (Å²) in [5.41, 5.74) is 0.647. The van der Waals surface area contributed by atoms with Crippen LogP contribution in [0.4, 0.5) is 11.4 Å². The number of halogens is 1. The molecule has 0 heterocycles. The Bertz CT molecular complexity index is 960. The number of nitrogens with zero attached hydrogens (tertiary/aromatic N) is 3. The van der Waals surface area contributed by atoms with E-state index in [0.29, 0.717) is 47.6 Å². The summed E-state index contributed by atoms with van der Waals surface area (Å²) in [6.07, 6.45) is 0. The highest BCUT2D eigenvalue weighted by Gasteiger charge is 2.29. The van der Waals surface area contributed by atoms with Gasteiger partial charge >= 0.3 is 0 Å².